The van der Waals surface area contributed by atoms with Crippen molar-refractivity contribution in [2.75, 3.05) is 20.3 Å². The van der Waals surface area contributed by atoms with Crippen molar-refractivity contribution in [2.24, 2.45) is 5.41 Å². The van der Waals surface area contributed by atoms with E-state index in [1.807, 2.05) is 26.8 Å². The lowest BCUT2D eigenvalue weighted by Crippen LogP contribution is -2.13. The third kappa shape index (κ3) is 7.08. The number of nitrogens with one attached hydrogen (secondary N) is 1. The Morgan fingerprint density at radius 3 is 2.31 bits per heavy atom. The maximum absolute atomic E-state index is 12.5. The number of Topliss-reactive ketones (excluding diaryl/α,β-unsaturated/α-hetero) is 1. The van der Waals surface area contributed by atoms with E-state index in [-0.39, 0.29) is 21.8 Å². The van der Waals surface area contributed by atoms with Crippen molar-refractivity contribution in [1.82, 2.24) is 9.36 Å². The number of ether oxygens (including phenoxy) is 3. The van der Waals surface area contributed by atoms with Gasteiger partial charge < -0.3 is 19.3 Å². The van der Waals surface area contributed by atoms with E-state index in [0.29, 0.717) is 53.8 Å². The minimum atomic E-state index is -0.215. The molecule has 0 amide bonds. The number of aromatic nitrogens is 2. The summed E-state index contributed by atoms with van der Waals surface area (Å²) in [6.45, 7) is 8.61. The second-order valence-electron chi connectivity index (χ2n) is 9.46. The van der Waals surface area contributed by atoms with Crippen LogP contribution < -0.4 is 19.1 Å². The number of rotatable bonds is 11. The molecule has 35 heavy (non-hydrogen) atoms. The van der Waals surface area contributed by atoms with Crippen LogP contribution in [0, 0.1) is 12.3 Å². The van der Waals surface area contributed by atoms with Gasteiger partial charge in [0.2, 0.25) is 0 Å². The number of aromatic amines is 1. The SMILES string of the molecule is COc1ccc(-c2nsc(=O)[nH]2)cc1OCCCCOc1ccc(C(=O)CC(C)(C)C)c(O)c1C. The zero-order valence-corrected chi connectivity index (χ0v) is 21.6. The van der Waals surface area contributed by atoms with Crippen molar-refractivity contribution >= 4 is 17.3 Å². The van der Waals surface area contributed by atoms with Gasteiger partial charge in [-0.25, -0.2) is 0 Å². The smallest absolute Gasteiger partial charge is 0.323 e. The van der Waals surface area contributed by atoms with Gasteiger partial charge in [0.1, 0.15) is 11.5 Å². The Morgan fingerprint density at radius 2 is 1.71 bits per heavy atom. The average molecular weight is 501 g/mol. The fourth-order valence-electron chi connectivity index (χ4n) is 3.50. The first-order valence-corrected chi connectivity index (χ1v) is 12.2. The van der Waals surface area contributed by atoms with E-state index in [1.165, 1.54) is 0 Å². The van der Waals surface area contributed by atoms with Crippen LogP contribution in [0.2, 0.25) is 0 Å². The number of aromatic hydroxyl groups is 1. The average Bonchev–Trinajstić information content (AvgIpc) is 3.23. The van der Waals surface area contributed by atoms with Crippen molar-refractivity contribution in [2.45, 2.75) is 47.0 Å². The largest absolute Gasteiger partial charge is 0.507 e. The molecular weight excluding hydrogens is 468 g/mol. The number of methoxy groups -OCH3 is 1. The van der Waals surface area contributed by atoms with Gasteiger partial charge >= 0.3 is 4.87 Å². The van der Waals surface area contributed by atoms with Gasteiger partial charge in [-0.2, -0.15) is 4.37 Å². The lowest BCUT2D eigenvalue weighted by Gasteiger charge is -2.18. The normalized spacial score (nSPS) is 11.3. The lowest BCUT2D eigenvalue weighted by atomic mass is 9.87. The monoisotopic (exact) mass is 500 g/mol. The Bertz CT molecular complexity index is 1230. The van der Waals surface area contributed by atoms with Gasteiger partial charge in [0.05, 0.1) is 25.9 Å². The molecule has 188 valence electrons. The molecule has 0 aliphatic carbocycles. The fourth-order valence-corrected chi connectivity index (χ4v) is 3.97. The topological polar surface area (TPSA) is 111 Å². The summed E-state index contributed by atoms with van der Waals surface area (Å²) >= 11 is 0.867. The molecule has 3 rings (SSSR count). The van der Waals surface area contributed by atoms with Crippen molar-refractivity contribution in [3.05, 3.63) is 51.1 Å². The molecule has 0 aliphatic heterocycles. The number of H-pyrrole nitrogens is 1. The van der Waals surface area contributed by atoms with Crippen LogP contribution in [-0.4, -0.2) is 40.6 Å². The standard InChI is InChI=1S/C26H32N2O6S/c1-16-20(11-9-18(23(16)30)19(29)15-26(2,3)4)33-12-6-7-13-34-22-14-17(8-10-21(22)32-5)24-27-25(31)35-28-24/h8-11,14,30H,6-7,12-13,15H2,1-5H3,(H,27,28,31). The summed E-state index contributed by atoms with van der Waals surface area (Å²) in [7, 11) is 1.57. The molecule has 3 aromatic rings. The van der Waals surface area contributed by atoms with Crippen molar-refractivity contribution in [1.29, 1.82) is 0 Å². The number of carbonyl (C=O) groups is 1. The molecular formula is C26H32N2O6S. The van der Waals surface area contributed by atoms with Crippen LogP contribution in [-0.2, 0) is 0 Å². The maximum Gasteiger partial charge on any atom is 0.323 e. The maximum atomic E-state index is 12.5. The number of hydrogen-bond donors (Lipinski definition) is 2. The van der Waals surface area contributed by atoms with Gasteiger partial charge in [-0.1, -0.05) is 20.8 Å². The van der Waals surface area contributed by atoms with E-state index < -0.39 is 0 Å². The summed E-state index contributed by atoms with van der Waals surface area (Å²) in [4.78, 5) is 26.4. The molecule has 0 fully saturated rings. The number of benzene rings is 2. The molecule has 8 nitrogen and oxygen atoms in total. The van der Waals surface area contributed by atoms with Crippen LogP contribution in [0.1, 0.15) is 56.0 Å². The lowest BCUT2D eigenvalue weighted by molar-refractivity contribution is 0.0937. The van der Waals surface area contributed by atoms with Gasteiger partial charge in [-0.05, 0) is 55.5 Å². The second-order valence-corrected chi connectivity index (χ2v) is 10.2. The first-order chi connectivity index (χ1) is 16.6. The predicted octanol–water partition coefficient (Wildman–Crippen LogP) is 5.38. The predicted molar refractivity (Wildman–Crippen MR) is 136 cm³/mol. The van der Waals surface area contributed by atoms with Gasteiger partial charge in [0.25, 0.3) is 0 Å². The number of phenols is 1. The summed E-state index contributed by atoms with van der Waals surface area (Å²) in [6, 6.07) is 8.74. The Morgan fingerprint density at radius 1 is 1.06 bits per heavy atom. The highest BCUT2D eigenvalue weighted by atomic mass is 32.1. The van der Waals surface area contributed by atoms with E-state index in [2.05, 4.69) is 9.36 Å². The summed E-state index contributed by atoms with van der Waals surface area (Å²) < 4.78 is 21.2. The van der Waals surface area contributed by atoms with Gasteiger partial charge in [0.15, 0.2) is 23.1 Å². The number of ketones is 1. The fraction of sp³-hybridized carbons (Fsp3) is 0.423. The van der Waals surface area contributed by atoms with Crippen molar-refractivity contribution in [3.8, 4) is 34.4 Å². The van der Waals surface area contributed by atoms with Crippen LogP contribution in [0.15, 0.2) is 35.1 Å². The van der Waals surface area contributed by atoms with E-state index >= 15 is 0 Å². The highest BCUT2D eigenvalue weighted by molar-refractivity contribution is 7.03. The molecule has 0 spiro atoms. The molecule has 1 heterocycles. The number of unbranched alkanes of at least 4 members (excludes halogenated alkanes) is 1. The Balaban J connectivity index is 1.51. The minimum Gasteiger partial charge on any atom is -0.507 e. The van der Waals surface area contributed by atoms with E-state index in [1.54, 1.807) is 38.3 Å². The molecule has 0 radical (unpaired) electrons. The number of carbonyl (C=O) groups excluding carboxylic acids is 1. The minimum absolute atomic E-state index is 0.0199. The van der Waals surface area contributed by atoms with Crippen molar-refractivity contribution in [3.63, 3.8) is 0 Å². The van der Waals surface area contributed by atoms with Crippen LogP contribution in [0.5, 0.6) is 23.0 Å². The molecule has 0 bridgehead atoms. The summed E-state index contributed by atoms with van der Waals surface area (Å²) in [5.41, 5.74) is 1.47. The molecule has 0 unspecified atom stereocenters. The molecule has 2 N–H and O–H groups in total. The Labute approximate surface area is 209 Å². The first kappa shape index (κ1) is 26.3. The molecule has 9 heteroatoms. The third-order valence-electron chi connectivity index (χ3n) is 5.30. The van der Waals surface area contributed by atoms with Crippen LogP contribution in [0.3, 0.4) is 0 Å². The van der Waals surface area contributed by atoms with Gasteiger partial charge in [0, 0.05) is 29.1 Å². The second kappa shape index (κ2) is 11.4. The van der Waals surface area contributed by atoms with Gasteiger partial charge in [-0.15, -0.1) is 0 Å². The zero-order valence-electron chi connectivity index (χ0n) is 20.8. The highest BCUT2D eigenvalue weighted by Crippen LogP contribution is 2.34. The number of hydrogen-bond acceptors (Lipinski definition) is 8. The molecule has 2 aromatic carbocycles. The summed E-state index contributed by atoms with van der Waals surface area (Å²) in [5.74, 6) is 2.11. The van der Waals surface area contributed by atoms with E-state index in [0.717, 1.165) is 29.9 Å². The molecule has 1 aromatic heterocycles. The van der Waals surface area contributed by atoms with Gasteiger partial charge in [-0.3, -0.25) is 14.6 Å². The third-order valence-corrected chi connectivity index (χ3v) is 5.85. The molecule has 0 atom stereocenters. The molecule has 0 aliphatic rings. The number of nitrogens with zero attached hydrogens (tertiary/aromatic N) is 1. The Kier molecular flexibility index (Phi) is 8.56. The van der Waals surface area contributed by atoms with Crippen molar-refractivity contribution < 1.29 is 24.1 Å². The quantitative estimate of drug-likeness (QED) is 0.269. The highest BCUT2D eigenvalue weighted by Gasteiger charge is 2.21. The molecule has 0 saturated carbocycles. The Hall–Kier alpha value is -3.33. The van der Waals surface area contributed by atoms with Crippen LogP contribution in [0.25, 0.3) is 11.4 Å². The van der Waals surface area contributed by atoms with E-state index in [9.17, 15) is 14.7 Å². The van der Waals surface area contributed by atoms with Crippen LogP contribution >= 0.6 is 11.5 Å². The number of phenolic OH excluding ortho intramolecular Hbond substituents is 1. The molecule has 0 saturated heterocycles. The van der Waals surface area contributed by atoms with E-state index in [4.69, 9.17) is 14.2 Å². The van der Waals surface area contributed by atoms with Crippen LogP contribution in [0.4, 0.5) is 0 Å². The summed E-state index contributed by atoms with van der Waals surface area (Å²) in [6.07, 6.45) is 1.82. The first-order valence-electron chi connectivity index (χ1n) is 11.4. The zero-order chi connectivity index (χ0) is 25.6. The summed E-state index contributed by atoms with van der Waals surface area (Å²) in [5, 5.41) is 10.5.